The molecule has 0 aliphatic rings. The molecule has 0 aliphatic heterocycles. The first-order valence-corrected chi connectivity index (χ1v) is 15.5. The van der Waals surface area contributed by atoms with Crippen LogP contribution in [-0.4, -0.2) is 12.0 Å². The van der Waals surface area contributed by atoms with Crippen LogP contribution in [0, 0.1) is 0 Å². The van der Waals surface area contributed by atoms with E-state index in [2.05, 4.69) is 0 Å². The summed E-state index contributed by atoms with van der Waals surface area (Å²) < 4.78 is 0. The fraction of sp³-hybridized carbons (Fsp3) is 0.400. The molecule has 0 fully saturated rings. The standard InChI is InChI=1S/C10H12Cl6Si2/c1-7(17(11,12)13)9-3-5-10(6-4-9)8(2)18(14,15)16/h3-8H,1-2H3. The van der Waals surface area contributed by atoms with Gasteiger partial charge in [0.05, 0.1) is 0 Å². The van der Waals surface area contributed by atoms with Crippen LogP contribution in [0.2, 0.25) is 0 Å². The molecule has 1 aromatic rings. The van der Waals surface area contributed by atoms with Gasteiger partial charge in [0.1, 0.15) is 0 Å². The lowest BCUT2D eigenvalue weighted by atomic mass is 10.1. The van der Waals surface area contributed by atoms with E-state index in [9.17, 15) is 0 Å². The van der Waals surface area contributed by atoms with Crippen LogP contribution in [0.15, 0.2) is 24.3 Å². The van der Waals surface area contributed by atoms with Gasteiger partial charge in [-0.05, 0) is 11.1 Å². The van der Waals surface area contributed by atoms with Gasteiger partial charge in [0, 0.05) is 11.1 Å². The van der Waals surface area contributed by atoms with E-state index < -0.39 is 12.0 Å². The molecule has 0 aliphatic carbocycles. The van der Waals surface area contributed by atoms with Gasteiger partial charge in [-0.1, -0.05) is 38.1 Å². The SMILES string of the molecule is CC(c1ccc(C(C)[Si](Cl)(Cl)Cl)cc1)[Si](Cl)(Cl)Cl. The van der Waals surface area contributed by atoms with Gasteiger partial charge < -0.3 is 0 Å². The Kier molecular flexibility index (Phi) is 6.24. The fourth-order valence-corrected chi connectivity index (χ4v) is 4.86. The highest BCUT2D eigenvalue weighted by Gasteiger charge is 2.36. The van der Waals surface area contributed by atoms with Gasteiger partial charge >= 0.3 is 12.0 Å². The Morgan fingerprint density at radius 3 is 1.06 bits per heavy atom. The van der Waals surface area contributed by atoms with Crippen LogP contribution in [0.5, 0.6) is 0 Å². The highest BCUT2D eigenvalue weighted by atomic mass is 35.8. The van der Waals surface area contributed by atoms with Crippen LogP contribution in [0.1, 0.15) is 36.1 Å². The van der Waals surface area contributed by atoms with E-state index in [1.54, 1.807) is 0 Å². The molecular formula is C10H12Cl6Si2. The third-order valence-electron chi connectivity index (χ3n) is 2.92. The van der Waals surface area contributed by atoms with E-state index in [1.807, 2.05) is 38.1 Å². The average Bonchev–Trinajstić information content (AvgIpc) is 2.25. The molecule has 0 amide bonds. The molecule has 1 rings (SSSR count). The fourth-order valence-electron chi connectivity index (χ4n) is 1.45. The van der Waals surface area contributed by atoms with Crippen LogP contribution < -0.4 is 0 Å². The maximum atomic E-state index is 6.01. The number of rotatable bonds is 4. The minimum atomic E-state index is -2.74. The second-order valence-electron chi connectivity index (χ2n) is 4.19. The molecule has 0 aromatic heterocycles. The molecule has 0 spiro atoms. The van der Waals surface area contributed by atoms with Gasteiger partial charge in [-0.2, -0.15) is 0 Å². The van der Waals surface area contributed by atoms with E-state index in [-0.39, 0.29) is 11.1 Å². The van der Waals surface area contributed by atoms with Crippen LogP contribution in [0.3, 0.4) is 0 Å². The highest BCUT2D eigenvalue weighted by molar-refractivity contribution is 7.65. The number of halogens is 6. The maximum Gasteiger partial charge on any atom is 0.348 e. The molecule has 0 radical (unpaired) electrons. The lowest BCUT2D eigenvalue weighted by Gasteiger charge is -2.21. The zero-order chi connectivity index (χ0) is 14.1. The third-order valence-corrected chi connectivity index (χ3v) is 11.4. The Hall–Kier alpha value is 1.39. The molecule has 0 heterocycles. The van der Waals surface area contributed by atoms with Crippen molar-refractivity contribution in [3.63, 3.8) is 0 Å². The van der Waals surface area contributed by atoms with Gasteiger partial charge in [-0.15, -0.1) is 66.5 Å². The Morgan fingerprint density at radius 1 is 0.667 bits per heavy atom. The molecule has 0 nitrogen and oxygen atoms in total. The van der Waals surface area contributed by atoms with Gasteiger partial charge in [0.2, 0.25) is 0 Å². The van der Waals surface area contributed by atoms with Crippen molar-refractivity contribution in [2.24, 2.45) is 0 Å². The summed E-state index contributed by atoms with van der Waals surface area (Å²) in [6.07, 6.45) is 0. The largest absolute Gasteiger partial charge is 0.348 e. The summed E-state index contributed by atoms with van der Waals surface area (Å²) >= 11 is 36.0. The van der Waals surface area contributed by atoms with E-state index in [1.165, 1.54) is 0 Å². The van der Waals surface area contributed by atoms with Gasteiger partial charge in [-0.3, -0.25) is 0 Å². The summed E-state index contributed by atoms with van der Waals surface area (Å²) in [5.41, 5.74) is 1.89. The normalized spacial score (nSPS) is 16.4. The van der Waals surface area contributed by atoms with Crippen molar-refractivity contribution < 1.29 is 0 Å². The van der Waals surface area contributed by atoms with Crippen molar-refractivity contribution in [1.29, 1.82) is 0 Å². The number of hydrogen-bond acceptors (Lipinski definition) is 0. The number of hydrogen-bond donors (Lipinski definition) is 0. The molecule has 0 saturated carbocycles. The minimum Gasteiger partial charge on any atom is -0.125 e. The first-order valence-electron chi connectivity index (χ1n) is 5.26. The Labute approximate surface area is 138 Å². The molecule has 2 unspecified atom stereocenters. The Balaban J connectivity index is 2.94. The van der Waals surface area contributed by atoms with Crippen molar-refractivity contribution in [1.82, 2.24) is 0 Å². The van der Waals surface area contributed by atoms with Gasteiger partial charge in [0.15, 0.2) is 0 Å². The van der Waals surface area contributed by atoms with E-state index in [0.717, 1.165) is 11.1 Å². The van der Waals surface area contributed by atoms with Crippen LogP contribution in [0.25, 0.3) is 0 Å². The van der Waals surface area contributed by atoms with Crippen molar-refractivity contribution in [2.75, 3.05) is 0 Å². The van der Waals surface area contributed by atoms with E-state index in [0.29, 0.717) is 0 Å². The molecular weight excluding hydrogens is 389 g/mol. The maximum absolute atomic E-state index is 6.01. The first kappa shape index (κ1) is 17.4. The van der Waals surface area contributed by atoms with E-state index in [4.69, 9.17) is 66.5 Å². The molecule has 1 aromatic carbocycles. The summed E-state index contributed by atoms with van der Waals surface area (Å²) in [6.45, 7) is 3.84. The van der Waals surface area contributed by atoms with Gasteiger partial charge in [-0.25, -0.2) is 0 Å². The Morgan fingerprint density at radius 2 is 0.889 bits per heavy atom. The van der Waals surface area contributed by atoms with E-state index >= 15 is 0 Å². The summed E-state index contributed by atoms with van der Waals surface area (Å²) in [4.78, 5) is 0. The van der Waals surface area contributed by atoms with Crippen LogP contribution in [-0.2, 0) is 0 Å². The Bertz CT molecular complexity index is 355. The molecule has 0 N–H and O–H groups in total. The summed E-state index contributed by atoms with van der Waals surface area (Å²) in [6, 6.07) is 2.29. The third kappa shape index (κ3) is 4.74. The second kappa shape index (κ2) is 6.44. The predicted octanol–water partition coefficient (Wildman–Crippen LogP) is 6.28. The van der Waals surface area contributed by atoms with Crippen molar-refractivity contribution in [3.8, 4) is 0 Å². The lowest BCUT2D eigenvalue weighted by Crippen LogP contribution is -2.22. The van der Waals surface area contributed by atoms with Crippen molar-refractivity contribution in [3.05, 3.63) is 35.4 Å². The van der Waals surface area contributed by atoms with Crippen molar-refractivity contribution in [2.45, 2.75) is 24.9 Å². The highest BCUT2D eigenvalue weighted by Crippen LogP contribution is 2.39. The minimum absolute atomic E-state index is 0.0585. The van der Waals surface area contributed by atoms with Crippen molar-refractivity contribution >= 4 is 78.5 Å². The zero-order valence-electron chi connectivity index (χ0n) is 9.73. The molecule has 0 saturated heterocycles. The first-order chi connectivity index (χ1) is 8.03. The monoisotopic (exact) mass is 398 g/mol. The predicted molar refractivity (Wildman–Crippen MR) is 89.9 cm³/mol. The lowest BCUT2D eigenvalue weighted by molar-refractivity contribution is 1.03. The second-order valence-corrected chi connectivity index (χ2v) is 22.3. The van der Waals surface area contributed by atoms with Gasteiger partial charge in [0.25, 0.3) is 0 Å². The zero-order valence-corrected chi connectivity index (χ0v) is 16.3. The van der Waals surface area contributed by atoms with Crippen LogP contribution in [0.4, 0.5) is 0 Å². The summed E-state index contributed by atoms with van der Waals surface area (Å²) in [7, 11) is 0. The summed E-state index contributed by atoms with van der Waals surface area (Å²) in [5, 5.41) is 0. The summed E-state index contributed by atoms with van der Waals surface area (Å²) in [5.74, 6) is 0. The topological polar surface area (TPSA) is 0 Å². The smallest absolute Gasteiger partial charge is 0.125 e. The van der Waals surface area contributed by atoms with Crippen LogP contribution >= 0.6 is 66.5 Å². The number of benzene rings is 1. The quantitative estimate of drug-likeness (QED) is 0.412. The molecule has 0 bridgehead atoms. The molecule has 2 atom stereocenters. The molecule has 18 heavy (non-hydrogen) atoms. The average molecular weight is 401 g/mol. The molecule has 102 valence electrons. The molecule has 8 heteroatoms.